The maximum Gasteiger partial charge on any atom is 0.143 e. The zero-order valence-electron chi connectivity index (χ0n) is 8.99. The first kappa shape index (κ1) is 9.81. The number of piperazine rings is 1. The van der Waals surface area contributed by atoms with Crippen molar-refractivity contribution in [3.8, 4) is 0 Å². The molecule has 2 heterocycles. The van der Waals surface area contributed by atoms with Gasteiger partial charge < -0.3 is 9.32 Å². The van der Waals surface area contributed by atoms with E-state index in [1.807, 2.05) is 6.07 Å². The molecule has 0 aromatic carbocycles. The summed E-state index contributed by atoms with van der Waals surface area (Å²) in [7, 11) is 4.28. The lowest BCUT2D eigenvalue weighted by Gasteiger charge is -2.31. The molecule has 0 radical (unpaired) electrons. The van der Waals surface area contributed by atoms with E-state index in [0.29, 0.717) is 0 Å². The maximum absolute atomic E-state index is 5.44. The monoisotopic (exact) mass is 192 g/mol. The van der Waals surface area contributed by atoms with Crippen molar-refractivity contribution in [3.05, 3.63) is 18.1 Å². The normalized spacial score (nSPS) is 20.1. The summed E-state index contributed by atoms with van der Waals surface area (Å²) in [6.07, 6.45) is 1.78. The second-order valence-electron chi connectivity index (χ2n) is 4.11. The minimum atomic E-state index is 0.965. The van der Waals surface area contributed by atoms with E-state index >= 15 is 0 Å². The molecule has 1 aliphatic heterocycles. The van der Waals surface area contributed by atoms with Crippen LogP contribution in [-0.2, 0) is 6.54 Å². The van der Waals surface area contributed by atoms with E-state index in [2.05, 4.69) is 24.7 Å². The van der Waals surface area contributed by atoms with Gasteiger partial charge in [0.2, 0.25) is 0 Å². The van der Waals surface area contributed by atoms with Gasteiger partial charge in [0.05, 0.1) is 12.8 Å². The van der Waals surface area contributed by atoms with Crippen LogP contribution >= 0.6 is 0 Å². The number of rotatable bonds is 2. The molecule has 0 atom stereocenters. The van der Waals surface area contributed by atoms with E-state index in [-0.39, 0.29) is 0 Å². The summed E-state index contributed by atoms with van der Waals surface area (Å²) >= 11 is 0. The van der Waals surface area contributed by atoms with Crippen LogP contribution in [0.3, 0.4) is 0 Å². The minimum absolute atomic E-state index is 0.965. The van der Waals surface area contributed by atoms with Crippen molar-refractivity contribution < 1.29 is 4.42 Å². The van der Waals surface area contributed by atoms with Crippen molar-refractivity contribution in [1.29, 1.82) is 0 Å². The molecule has 3 nitrogen and oxygen atoms in total. The molecule has 14 heavy (non-hydrogen) atoms. The first-order valence-corrected chi connectivity index (χ1v) is 5.19. The van der Waals surface area contributed by atoms with Crippen molar-refractivity contribution in [2.45, 2.75) is 6.54 Å². The van der Waals surface area contributed by atoms with Gasteiger partial charge >= 0.3 is 0 Å². The lowest BCUT2D eigenvalue weighted by molar-refractivity contribution is 0.140. The van der Waals surface area contributed by atoms with E-state index in [0.717, 1.165) is 25.4 Å². The standard InChI is InChI=1S/C10H17BN2O/c1-12-3-5-13(6-4-12)8-10-9(11)2-7-14-10/h2,7H,3-6,8,11H2,1H3. The van der Waals surface area contributed by atoms with Crippen LogP contribution in [0.2, 0.25) is 0 Å². The predicted octanol–water partition coefficient (Wildman–Crippen LogP) is -0.715. The lowest BCUT2D eigenvalue weighted by Crippen LogP contribution is -2.44. The highest BCUT2D eigenvalue weighted by Crippen LogP contribution is 2.05. The van der Waals surface area contributed by atoms with Gasteiger partial charge in [-0.25, -0.2) is 0 Å². The van der Waals surface area contributed by atoms with Crippen LogP contribution in [0.5, 0.6) is 0 Å². The van der Waals surface area contributed by atoms with Crippen LogP contribution in [0.15, 0.2) is 16.7 Å². The zero-order valence-corrected chi connectivity index (χ0v) is 8.99. The van der Waals surface area contributed by atoms with Gasteiger partial charge in [-0.2, -0.15) is 0 Å². The van der Waals surface area contributed by atoms with E-state index < -0.39 is 0 Å². The van der Waals surface area contributed by atoms with Gasteiger partial charge in [0.25, 0.3) is 0 Å². The highest BCUT2D eigenvalue weighted by Gasteiger charge is 2.15. The third-order valence-corrected chi connectivity index (χ3v) is 2.93. The summed E-state index contributed by atoms with van der Waals surface area (Å²) in [5.74, 6) is 1.12. The molecule has 1 aliphatic rings. The van der Waals surface area contributed by atoms with E-state index in [1.54, 1.807) is 6.26 Å². The molecule has 1 fully saturated rings. The van der Waals surface area contributed by atoms with Crippen LogP contribution in [-0.4, -0.2) is 50.9 Å². The van der Waals surface area contributed by atoms with Crippen LogP contribution in [0.1, 0.15) is 5.76 Å². The molecule has 1 aromatic heterocycles. The Morgan fingerprint density at radius 3 is 2.64 bits per heavy atom. The van der Waals surface area contributed by atoms with Crippen LogP contribution in [0.25, 0.3) is 0 Å². The molecule has 0 bridgehead atoms. The molecule has 0 spiro atoms. The molecule has 76 valence electrons. The Bertz CT molecular complexity index is 292. The Kier molecular flexibility index (Phi) is 2.94. The quantitative estimate of drug-likeness (QED) is 0.577. The molecule has 0 saturated carbocycles. The molecule has 0 N–H and O–H groups in total. The maximum atomic E-state index is 5.44. The number of likely N-dealkylation sites (N-methyl/N-ethyl adjacent to an activating group) is 1. The molecule has 1 saturated heterocycles. The fraction of sp³-hybridized carbons (Fsp3) is 0.600. The number of hydrogen-bond acceptors (Lipinski definition) is 3. The van der Waals surface area contributed by atoms with Gasteiger partial charge in [0, 0.05) is 26.2 Å². The Morgan fingerprint density at radius 2 is 2.07 bits per heavy atom. The zero-order chi connectivity index (χ0) is 9.97. The van der Waals surface area contributed by atoms with Crippen LogP contribution < -0.4 is 5.46 Å². The van der Waals surface area contributed by atoms with Crippen molar-refractivity contribution in [2.24, 2.45) is 0 Å². The summed E-state index contributed by atoms with van der Waals surface area (Å²) in [6, 6.07) is 2.03. The van der Waals surface area contributed by atoms with Crippen molar-refractivity contribution in [2.75, 3.05) is 33.2 Å². The predicted molar refractivity (Wildman–Crippen MR) is 59.7 cm³/mol. The summed E-state index contributed by atoms with van der Waals surface area (Å²) in [5, 5.41) is 0. The third kappa shape index (κ3) is 2.19. The molecular weight excluding hydrogens is 175 g/mol. The first-order chi connectivity index (χ1) is 6.75. The Labute approximate surface area is 86.1 Å². The third-order valence-electron chi connectivity index (χ3n) is 2.93. The summed E-state index contributed by atoms with van der Waals surface area (Å²) in [5.41, 5.74) is 1.27. The van der Waals surface area contributed by atoms with Crippen molar-refractivity contribution in [1.82, 2.24) is 9.80 Å². The summed E-state index contributed by atoms with van der Waals surface area (Å²) in [4.78, 5) is 4.82. The highest BCUT2D eigenvalue weighted by atomic mass is 16.3. The number of hydrogen-bond donors (Lipinski definition) is 0. The van der Waals surface area contributed by atoms with Gasteiger partial charge in [0.15, 0.2) is 0 Å². The number of nitrogens with zero attached hydrogens (tertiary/aromatic N) is 2. The molecule has 0 amide bonds. The SMILES string of the molecule is Bc1ccoc1CN1CCN(C)CC1. The molecule has 0 unspecified atom stereocenters. The Morgan fingerprint density at radius 1 is 1.36 bits per heavy atom. The average molecular weight is 192 g/mol. The molecule has 4 heteroatoms. The molecular formula is C10H17BN2O. The Balaban J connectivity index is 1.89. The van der Waals surface area contributed by atoms with Gasteiger partial charge in [-0.3, -0.25) is 4.90 Å². The fourth-order valence-electron chi connectivity index (χ4n) is 1.78. The summed E-state index contributed by atoms with van der Waals surface area (Å²) < 4.78 is 5.44. The van der Waals surface area contributed by atoms with Crippen LogP contribution in [0, 0.1) is 0 Å². The molecule has 2 rings (SSSR count). The molecule has 0 aliphatic carbocycles. The molecule has 1 aromatic rings. The number of furan rings is 1. The second-order valence-corrected chi connectivity index (χ2v) is 4.11. The van der Waals surface area contributed by atoms with Gasteiger partial charge in [-0.05, 0) is 18.6 Å². The van der Waals surface area contributed by atoms with Gasteiger partial charge in [-0.15, -0.1) is 0 Å². The second kappa shape index (κ2) is 4.19. The van der Waals surface area contributed by atoms with E-state index in [4.69, 9.17) is 4.42 Å². The summed E-state index contributed by atoms with van der Waals surface area (Å²) in [6.45, 7) is 5.60. The van der Waals surface area contributed by atoms with Crippen LogP contribution in [0.4, 0.5) is 0 Å². The largest absolute Gasteiger partial charge is 0.469 e. The lowest BCUT2D eigenvalue weighted by atomic mass is 9.97. The van der Waals surface area contributed by atoms with Crippen molar-refractivity contribution in [3.63, 3.8) is 0 Å². The smallest absolute Gasteiger partial charge is 0.143 e. The minimum Gasteiger partial charge on any atom is -0.469 e. The topological polar surface area (TPSA) is 19.6 Å². The van der Waals surface area contributed by atoms with Crippen molar-refractivity contribution >= 4 is 13.3 Å². The van der Waals surface area contributed by atoms with Gasteiger partial charge in [0.1, 0.15) is 13.6 Å². The fourth-order valence-corrected chi connectivity index (χ4v) is 1.78. The highest BCUT2D eigenvalue weighted by molar-refractivity contribution is 6.32. The van der Waals surface area contributed by atoms with E-state index in [1.165, 1.54) is 18.6 Å². The first-order valence-electron chi connectivity index (χ1n) is 5.19. The van der Waals surface area contributed by atoms with Gasteiger partial charge in [-0.1, -0.05) is 0 Å². The average Bonchev–Trinajstić information content (AvgIpc) is 2.56. The Hall–Kier alpha value is -0.735. The van der Waals surface area contributed by atoms with E-state index in [9.17, 15) is 0 Å².